The zero-order chi connectivity index (χ0) is 19.9. The molecule has 5 nitrogen and oxygen atoms in total. The highest BCUT2D eigenvalue weighted by atomic mass is 16.3. The van der Waals surface area contributed by atoms with Gasteiger partial charge in [0.15, 0.2) is 0 Å². The molecule has 0 saturated carbocycles. The van der Waals surface area contributed by atoms with Crippen molar-refractivity contribution in [1.82, 2.24) is 9.47 Å². The first kappa shape index (κ1) is 19.8. The molecule has 0 fully saturated rings. The summed E-state index contributed by atoms with van der Waals surface area (Å²) in [5.41, 5.74) is 0.965. The number of aromatic hydroxyl groups is 1. The normalized spacial score (nSPS) is 11.7. The maximum Gasteiger partial charge on any atom is 0.265 e. The van der Waals surface area contributed by atoms with Crippen molar-refractivity contribution in [3.8, 4) is 11.6 Å². The summed E-state index contributed by atoms with van der Waals surface area (Å²) in [6.07, 6.45) is 2.65. The van der Waals surface area contributed by atoms with E-state index >= 15 is 0 Å². The van der Waals surface area contributed by atoms with Crippen LogP contribution < -0.4 is 5.56 Å². The van der Waals surface area contributed by atoms with Crippen molar-refractivity contribution < 1.29 is 5.11 Å². The lowest BCUT2D eigenvalue weighted by Crippen LogP contribution is -2.24. The van der Waals surface area contributed by atoms with Crippen LogP contribution in [0.15, 0.2) is 64.4 Å². The number of hydrogen-bond acceptors (Lipinski definition) is 4. The summed E-state index contributed by atoms with van der Waals surface area (Å²) in [7, 11) is 0. The Bertz CT molecular complexity index is 1010. The molecule has 0 amide bonds. The van der Waals surface area contributed by atoms with Crippen LogP contribution in [0.25, 0.3) is 16.5 Å². The topological polar surface area (TPSA) is 57.8 Å². The summed E-state index contributed by atoms with van der Waals surface area (Å²) in [6.45, 7) is 8.06. The largest absolute Gasteiger partial charge is 0.494 e. The molecule has 5 heteroatoms. The number of fused-ring (bicyclic) bond motifs is 1. The third kappa shape index (κ3) is 4.15. The molecule has 1 N–H and O–H groups in total. The van der Waals surface area contributed by atoms with Gasteiger partial charge in [0.05, 0.1) is 11.3 Å². The Hall–Kier alpha value is -2.92. The number of para-hydroxylation sites is 1. The smallest absolute Gasteiger partial charge is 0.265 e. The van der Waals surface area contributed by atoms with E-state index in [1.165, 1.54) is 4.57 Å². The van der Waals surface area contributed by atoms with E-state index in [4.69, 9.17) is 0 Å². The number of nitrogens with zero attached hydrogens (tertiary/aromatic N) is 3. The summed E-state index contributed by atoms with van der Waals surface area (Å²) < 4.78 is 1.35. The fourth-order valence-corrected chi connectivity index (χ4v) is 3.39. The van der Waals surface area contributed by atoms with Gasteiger partial charge >= 0.3 is 0 Å². The molecule has 28 heavy (non-hydrogen) atoms. The van der Waals surface area contributed by atoms with E-state index in [0.717, 1.165) is 26.1 Å². The van der Waals surface area contributed by atoms with Crippen LogP contribution in [-0.4, -0.2) is 47.0 Å². The third-order valence-electron chi connectivity index (χ3n) is 4.99. The second kappa shape index (κ2) is 9.33. The molecule has 0 unspecified atom stereocenters. The Morgan fingerprint density at radius 3 is 2.32 bits per heavy atom. The van der Waals surface area contributed by atoms with Crippen molar-refractivity contribution >= 4 is 17.0 Å². The molecule has 146 valence electrons. The lowest BCUT2D eigenvalue weighted by Gasteiger charge is -2.16. The summed E-state index contributed by atoms with van der Waals surface area (Å²) in [5, 5.41) is 12.2. The van der Waals surface area contributed by atoms with Crippen LogP contribution in [0.4, 0.5) is 0 Å². The van der Waals surface area contributed by atoms with E-state index < -0.39 is 0 Å². The minimum atomic E-state index is -0.238. The average Bonchev–Trinajstić information content (AvgIpc) is 2.73. The lowest BCUT2D eigenvalue weighted by molar-refractivity contribution is 0.302. The maximum absolute atomic E-state index is 13.0. The Morgan fingerprint density at radius 2 is 1.64 bits per heavy atom. The molecule has 0 aliphatic rings. The average molecular weight is 377 g/mol. The molecule has 1 heterocycles. The van der Waals surface area contributed by atoms with Gasteiger partial charge < -0.3 is 10.0 Å². The molecule has 0 radical (unpaired) electrons. The highest BCUT2D eigenvalue weighted by Crippen LogP contribution is 2.25. The van der Waals surface area contributed by atoms with Crippen LogP contribution in [0.5, 0.6) is 5.88 Å². The quantitative estimate of drug-likeness (QED) is 0.479. The number of hydrogen-bond donors (Lipinski definition) is 1. The molecule has 0 bridgehead atoms. The molecule has 3 aromatic rings. The highest BCUT2D eigenvalue weighted by molar-refractivity contribution is 6.01. The summed E-state index contributed by atoms with van der Waals surface area (Å²) in [6, 6.07) is 16.5. The predicted octanol–water partition coefficient (Wildman–Crippen LogP) is 3.85. The monoisotopic (exact) mass is 377 g/mol. The van der Waals surface area contributed by atoms with Crippen LogP contribution >= 0.6 is 0 Å². The van der Waals surface area contributed by atoms with Crippen LogP contribution in [-0.2, 0) is 0 Å². The second-order valence-electron chi connectivity index (χ2n) is 6.67. The number of aromatic nitrogens is 1. The molecular weight excluding hydrogens is 350 g/mol. The van der Waals surface area contributed by atoms with Crippen molar-refractivity contribution in [2.24, 2.45) is 4.99 Å². The first-order valence-corrected chi connectivity index (χ1v) is 9.81. The molecule has 0 spiro atoms. The van der Waals surface area contributed by atoms with Crippen molar-refractivity contribution in [2.45, 2.75) is 20.3 Å². The minimum absolute atomic E-state index is 0.0811. The first-order valence-electron chi connectivity index (χ1n) is 9.81. The van der Waals surface area contributed by atoms with E-state index in [1.807, 2.05) is 36.4 Å². The summed E-state index contributed by atoms with van der Waals surface area (Å²) in [5.74, 6) is -0.0811. The van der Waals surface area contributed by atoms with Gasteiger partial charge in [0.2, 0.25) is 5.88 Å². The molecule has 2 aromatic carbocycles. The van der Waals surface area contributed by atoms with Gasteiger partial charge in [-0.25, -0.2) is 4.57 Å². The molecule has 3 rings (SSSR count). The van der Waals surface area contributed by atoms with E-state index in [0.29, 0.717) is 28.6 Å². The fraction of sp³-hybridized carbons (Fsp3) is 0.304. The number of benzene rings is 2. The SMILES string of the molecule is CCN(CC)CCCN=Cc1c(O)n(-c2ccccc2)c(=O)c2ccccc12. The summed E-state index contributed by atoms with van der Waals surface area (Å²) >= 11 is 0. The maximum atomic E-state index is 13.0. The van der Waals surface area contributed by atoms with Gasteiger partial charge in [0, 0.05) is 23.5 Å². The van der Waals surface area contributed by atoms with Crippen molar-refractivity contribution in [3.05, 3.63) is 70.5 Å². The van der Waals surface area contributed by atoms with Gasteiger partial charge in [-0.3, -0.25) is 9.79 Å². The van der Waals surface area contributed by atoms with Gasteiger partial charge in [-0.05, 0) is 44.3 Å². The van der Waals surface area contributed by atoms with Gasteiger partial charge in [-0.15, -0.1) is 0 Å². The predicted molar refractivity (Wildman–Crippen MR) is 116 cm³/mol. The number of pyridine rings is 1. The molecular formula is C23H27N3O2. The van der Waals surface area contributed by atoms with E-state index in [-0.39, 0.29) is 11.4 Å². The van der Waals surface area contributed by atoms with Gasteiger partial charge in [0.1, 0.15) is 0 Å². The number of rotatable bonds is 8. The Balaban J connectivity index is 1.98. The highest BCUT2D eigenvalue weighted by Gasteiger charge is 2.15. The molecule has 0 aliphatic carbocycles. The minimum Gasteiger partial charge on any atom is -0.494 e. The van der Waals surface area contributed by atoms with Crippen molar-refractivity contribution in [3.63, 3.8) is 0 Å². The fourth-order valence-electron chi connectivity index (χ4n) is 3.39. The molecule has 1 aromatic heterocycles. The first-order chi connectivity index (χ1) is 13.7. The molecule has 0 saturated heterocycles. The van der Waals surface area contributed by atoms with Crippen LogP contribution in [0, 0.1) is 0 Å². The van der Waals surface area contributed by atoms with Crippen molar-refractivity contribution in [1.29, 1.82) is 0 Å². The Kier molecular flexibility index (Phi) is 6.61. The number of aliphatic imine (C=N–C) groups is 1. The van der Waals surface area contributed by atoms with Crippen molar-refractivity contribution in [2.75, 3.05) is 26.2 Å². The molecule has 0 aliphatic heterocycles. The Morgan fingerprint density at radius 1 is 1.00 bits per heavy atom. The third-order valence-corrected chi connectivity index (χ3v) is 4.99. The van der Waals surface area contributed by atoms with Crippen LogP contribution in [0.1, 0.15) is 25.8 Å². The van der Waals surface area contributed by atoms with Gasteiger partial charge in [0.25, 0.3) is 5.56 Å². The summed E-state index contributed by atoms with van der Waals surface area (Å²) in [4.78, 5) is 19.9. The van der Waals surface area contributed by atoms with E-state index in [2.05, 4.69) is 23.7 Å². The van der Waals surface area contributed by atoms with E-state index in [1.54, 1.807) is 24.4 Å². The van der Waals surface area contributed by atoms with E-state index in [9.17, 15) is 9.90 Å². The van der Waals surface area contributed by atoms with Gasteiger partial charge in [-0.1, -0.05) is 50.2 Å². The second-order valence-corrected chi connectivity index (χ2v) is 6.67. The lowest BCUT2D eigenvalue weighted by atomic mass is 10.1. The van der Waals surface area contributed by atoms with Crippen LogP contribution in [0.3, 0.4) is 0 Å². The zero-order valence-electron chi connectivity index (χ0n) is 16.5. The standard InChI is InChI=1S/C23H27N3O2/c1-3-25(4-2)16-10-15-24-17-21-19-13-8-9-14-20(19)22(27)26(23(21)28)18-11-6-5-7-12-18/h5-9,11-14,17,28H,3-4,10,15-16H2,1-2H3. The molecule has 0 atom stereocenters. The Labute approximate surface area is 165 Å². The zero-order valence-corrected chi connectivity index (χ0v) is 16.5. The van der Waals surface area contributed by atoms with Crippen LogP contribution in [0.2, 0.25) is 0 Å². The van der Waals surface area contributed by atoms with Gasteiger partial charge in [-0.2, -0.15) is 0 Å².